The van der Waals surface area contributed by atoms with Gasteiger partial charge in [0.15, 0.2) is 0 Å². The van der Waals surface area contributed by atoms with E-state index < -0.39 is 10.4 Å². The second kappa shape index (κ2) is 20.0. The molecule has 9 N–H and O–H groups in total. The maximum Gasteiger partial charge on any atom is 3.00 e. The molecule has 1 aromatic heterocycles. The number of aromatic nitrogens is 1. The van der Waals surface area contributed by atoms with E-state index in [-0.39, 0.29) is 44.1 Å². The topological polar surface area (TPSA) is 224 Å². The average molecular weight is 341 g/mol. The first-order chi connectivity index (χ1) is 5.00. The average Bonchev–Trinajstić information content (AvgIpc) is 1.88. The molecular formula is C5H14N5O4RuS-2. The maximum atomic E-state index is 8.63. The number of hydrogen-bond acceptors (Lipinski definition) is 4. The summed E-state index contributed by atoms with van der Waals surface area (Å²) in [6, 6.07) is 5.72. The molecule has 0 unspecified atom stereocenters. The zero-order valence-electron chi connectivity index (χ0n) is 8.08. The molecule has 1 heterocycles. The standard InChI is InChI=1S/C5H5N.4H2N.H2O4S.Ru/c1-2-4-6-5-3-1;;;;;1-5(2,3)4;/h1-5H;4*1H2;(H2,1,2,3,4);/q;4*-1;;+3/p-1. The molecule has 0 amide bonds. The molecule has 0 saturated heterocycles. The van der Waals surface area contributed by atoms with Crippen molar-refractivity contribution in [3.8, 4) is 0 Å². The fraction of sp³-hybridized carbons (Fsp3) is 0. The summed E-state index contributed by atoms with van der Waals surface area (Å²) in [5.41, 5.74) is 0. The van der Waals surface area contributed by atoms with E-state index in [1.54, 1.807) is 12.4 Å². The van der Waals surface area contributed by atoms with Crippen LogP contribution in [0.3, 0.4) is 0 Å². The van der Waals surface area contributed by atoms with Gasteiger partial charge in [-0.15, -0.1) is 0 Å². The fourth-order valence-electron chi connectivity index (χ4n) is 0.313. The molecule has 9 nitrogen and oxygen atoms in total. The molecule has 0 fully saturated rings. The van der Waals surface area contributed by atoms with E-state index in [1.807, 2.05) is 18.2 Å². The predicted octanol–water partition coefficient (Wildman–Crippen LogP) is 2.95. The van der Waals surface area contributed by atoms with Gasteiger partial charge in [0.2, 0.25) is 10.4 Å². The van der Waals surface area contributed by atoms with E-state index in [9.17, 15) is 0 Å². The summed E-state index contributed by atoms with van der Waals surface area (Å²) in [6.07, 6.45) is 3.50. The Morgan fingerprint density at radius 3 is 1.25 bits per heavy atom. The Kier molecular flexibility index (Phi) is 45.1. The van der Waals surface area contributed by atoms with Gasteiger partial charge in [-0.1, -0.05) is 6.07 Å². The number of pyridine rings is 1. The van der Waals surface area contributed by atoms with Crippen LogP contribution >= 0.6 is 0 Å². The van der Waals surface area contributed by atoms with Crippen molar-refractivity contribution < 1.29 is 37.0 Å². The molecule has 11 heteroatoms. The van der Waals surface area contributed by atoms with Crippen LogP contribution in [0.2, 0.25) is 0 Å². The first-order valence-corrected chi connectivity index (χ1v) is 3.90. The third-order valence-electron chi connectivity index (χ3n) is 0.566. The minimum absolute atomic E-state index is 0. The van der Waals surface area contributed by atoms with Gasteiger partial charge < -0.3 is 29.2 Å². The normalized spacial score (nSPS) is 6.62. The minimum Gasteiger partial charge on any atom is -0.726 e. The zero-order valence-corrected chi connectivity index (χ0v) is 10.6. The van der Waals surface area contributed by atoms with Crippen molar-refractivity contribution in [3.05, 3.63) is 55.2 Å². The molecule has 0 aliphatic carbocycles. The predicted molar refractivity (Wildman–Crippen MR) is 57.7 cm³/mol. The van der Waals surface area contributed by atoms with E-state index in [0.717, 1.165) is 0 Å². The molecule has 0 aliphatic heterocycles. The van der Waals surface area contributed by atoms with Crippen LogP contribution in [0, 0.1) is 0 Å². The molecule has 99 valence electrons. The number of rotatable bonds is 0. The van der Waals surface area contributed by atoms with E-state index in [1.165, 1.54) is 0 Å². The third kappa shape index (κ3) is 69.9. The van der Waals surface area contributed by atoms with Crippen LogP contribution in [-0.4, -0.2) is 22.5 Å². The third-order valence-corrected chi connectivity index (χ3v) is 0.566. The summed E-state index contributed by atoms with van der Waals surface area (Å²) in [5.74, 6) is 0. The van der Waals surface area contributed by atoms with Crippen LogP contribution in [0.5, 0.6) is 0 Å². The van der Waals surface area contributed by atoms with E-state index in [2.05, 4.69) is 4.98 Å². The number of nitrogens with two attached hydrogens (primary N) is 4. The molecule has 1 rings (SSSR count). The Morgan fingerprint density at radius 2 is 1.19 bits per heavy atom. The van der Waals surface area contributed by atoms with Gasteiger partial charge in [-0.05, 0) is 12.1 Å². The summed E-state index contributed by atoms with van der Waals surface area (Å²) in [4.78, 5) is 3.78. The second-order valence-electron chi connectivity index (χ2n) is 1.45. The molecule has 0 bridgehead atoms. The Balaban J connectivity index is -0.0000000241. The SMILES string of the molecule is O=S(=O)([O-])O.[NH2-].[NH2-].[NH2-].[NH2-].[Ru+3].c1ccncc1. The minimum atomic E-state index is -4.92. The fourth-order valence-corrected chi connectivity index (χ4v) is 0.313. The summed E-state index contributed by atoms with van der Waals surface area (Å²) < 4.78 is 32.8. The van der Waals surface area contributed by atoms with Gasteiger partial charge in [-0.25, -0.2) is 8.42 Å². The first-order valence-electron chi connectivity index (χ1n) is 2.53. The van der Waals surface area contributed by atoms with Gasteiger partial charge in [0, 0.05) is 12.4 Å². The first kappa shape index (κ1) is 36.1. The van der Waals surface area contributed by atoms with E-state index in [4.69, 9.17) is 17.5 Å². The maximum absolute atomic E-state index is 8.63. The Morgan fingerprint density at radius 1 is 0.938 bits per heavy atom. The van der Waals surface area contributed by atoms with Crippen LogP contribution in [0.4, 0.5) is 0 Å². The summed E-state index contributed by atoms with van der Waals surface area (Å²) in [5, 5.41) is 0. The Hall–Kier alpha value is -0.517. The summed E-state index contributed by atoms with van der Waals surface area (Å²) in [7, 11) is -4.92. The molecule has 0 atom stereocenters. The van der Waals surface area contributed by atoms with Gasteiger partial charge in [0.25, 0.3) is 0 Å². The van der Waals surface area contributed by atoms with Gasteiger partial charge in [0.1, 0.15) is 0 Å². The molecule has 1 radical (unpaired) electrons. The van der Waals surface area contributed by atoms with Crippen LogP contribution in [0.1, 0.15) is 0 Å². The molecule has 0 aliphatic rings. The largest absolute Gasteiger partial charge is 3.00 e. The molecule has 1 aromatic rings. The van der Waals surface area contributed by atoms with Crippen molar-refractivity contribution in [2.75, 3.05) is 0 Å². The molecular weight excluding hydrogens is 327 g/mol. The smallest absolute Gasteiger partial charge is 0.726 e. The van der Waals surface area contributed by atoms with Crippen molar-refractivity contribution in [2.24, 2.45) is 0 Å². The Bertz CT molecular complexity index is 249. The van der Waals surface area contributed by atoms with Crippen molar-refractivity contribution in [1.29, 1.82) is 0 Å². The van der Waals surface area contributed by atoms with E-state index in [0.29, 0.717) is 0 Å². The van der Waals surface area contributed by atoms with Crippen LogP contribution in [0.15, 0.2) is 30.6 Å². The van der Waals surface area contributed by atoms with Crippen molar-refractivity contribution >= 4 is 10.4 Å². The van der Waals surface area contributed by atoms with Crippen molar-refractivity contribution in [3.63, 3.8) is 0 Å². The van der Waals surface area contributed by atoms with Gasteiger partial charge in [-0.3, -0.25) is 9.54 Å². The van der Waals surface area contributed by atoms with Gasteiger partial charge in [-0.2, -0.15) is 0 Å². The molecule has 0 spiro atoms. The van der Waals surface area contributed by atoms with Crippen LogP contribution in [0.25, 0.3) is 24.6 Å². The zero-order chi connectivity index (χ0) is 8.74. The molecule has 16 heavy (non-hydrogen) atoms. The van der Waals surface area contributed by atoms with Gasteiger partial charge in [0.05, 0.1) is 0 Å². The Labute approximate surface area is 108 Å². The van der Waals surface area contributed by atoms with Crippen LogP contribution < -0.4 is 0 Å². The monoisotopic (exact) mass is 342 g/mol. The number of hydrogen-bond donors (Lipinski definition) is 1. The second-order valence-corrected chi connectivity index (χ2v) is 2.31. The molecule has 0 aromatic carbocycles. The number of nitrogens with zero attached hydrogens (tertiary/aromatic N) is 1. The van der Waals surface area contributed by atoms with E-state index >= 15 is 0 Å². The summed E-state index contributed by atoms with van der Waals surface area (Å²) >= 11 is 0. The van der Waals surface area contributed by atoms with Gasteiger partial charge >= 0.3 is 19.5 Å². The summed E-state index contributed by atoms with van der Waals surface area (Å²) in [6.45, 7) is 0. The van der Waals surface area contributed by atoms with Crippen molar-refractivity contribution in [2.45, 2.75) is 0 Å². The quantitative estimate of drug-likeness (QED) is 0.425. The van der Waals surface area contributed by atoms with Crippen molar-refractivity contribution in [1.82, 2.24) is 4.98 Å². The molecule has 0 saturated carbocycles. The van der Waals surface area contributed by atoms with Crippen LogP contribution in [-0.2, 0) is 29.9 Å².